The number of fused-ring (bicyclic) bond motifs is 1. The van der Waals surface area contributed by atoms with Crippen LogP contribution in [0.25, 0.3) is 0 Å². The van der Waals surface area contributed by atoms with Crippen LogP contribution in [0.3, 0.4) is 0 Å². The monoisotopic (exact) mass is 333 g/mol. The molecular formula is C17H20ClN3O2. The van der Waals surface area contributed by atoms with Gasteiger partial charge in [0.1, 0.15) is 11.9 Å². The SMILES string of the molecule is C[C@@H](CNC(=O)[C@@H]1CCCc2cn[nH]c21)Oc1ccc(Cl)cc1. The Bertz CT molecular complexity index is 669. The molecule has 5 nitrogen and oxygen atoms in total. The topological polar surface area (TPSA) is 67.0 Å². The molecule has 1 aliphatic carbocycles. The van der Waals surface area contributed by atoms with Crippen LogP contribution in [-0.4, -0.2) is 28.8 Å². The predicted molar refractivity (Wildman–Crippen MR) is 88.8 cm³/mol. The number of rotatable bonds is 5. The minimum absolute atomic E-state index is 0.0294. The summed E-state index contributed by atoms with van der Waals surface area (Å²) in [7, 11) is 0. The summed E-state index contributed by atoms with van der Waals surface area (Å²) in [6, 6.07) is 7.20. The second-order valence-corrected chi connectivity index (χ2v) is 6.32. The molecule has 6 heteroatoms. The molecule has 0 fully saturated rings. The minimum atomic E-state index is -0.135. The zero-order chi connectivity index (χ0) is 16.2. The number of aromatic nitrogens is 2. The van der Waals surface area contributed by atoms with E-state index in [0.29, 0.717) is 11.6 Å². The summed E-state index contributed by atoms with van der Waals surface area (Å²) < 4.78 is 5.77. The van der Waals surface area contributed by atoms with E-state index in [2.05, 4.69) is 15.5 Å². The fourth-order valence-electron chi connectivity index (χ4n) is 2.88. The van der Waals surface area contributed by atoms with Crippen molar-refractivity contribution in [2.24, 2.45) is 0 Å². The molecule has 0 saturated heterocycles. The Hall–Kier alpha value is -2.01. The first-order chi connectivity index (χ1) is 11.1. The highest BCUT2D eigenvalue weighted by atomic mass is 35.5. The lowest BCUT2D eigenvalue weighted by atomic mass is 9.87. The van der Waals surface area contributed by atoms with Crippen molar-refractivity contribution < 1.29 is 9.53 Å². The Morgan fingerprint density at radius 3 is 3.04 bits per heavy atom. The molecule has 23 heavy (non-hydrogen) atoms. The average molecular weight is 334 g/mol. The number of hydrogen-bond acceptors (Lipinski definition) is 3. The van der Waals surface area contributed by atoms with Crippen molar-refractivity contribution in [3.8, 4) is 5.75 Å². The van der Waals surface area contributed by atoms with Crippen molar-refractivity contribution >= 4 is 17.5 Å². The van der Waals surface area contributed by atoms with Gasteiger partial charge < -0.3 is 10.1 Å². The van der Waals surface area contributed by atoms with E-state index in [-0.39, 0.29) is 17.9 Å². The number of nitrogens with one attached hydrogen (secondary N) is 2. The van der Waals surface area contributed by atoms with E-state index >= 15 is 0 Å². The number of nitrogens with zero attached hydrogens (tertiary/aromatic N) is 1. The zero-order valence-corrected chi connectivity index (χ0v) is 13.8. The van der Waals surface area contributed by atoms with E-state index in [4.69, 9.17) is 16.3 Å². The van der Waals surface area contributed by atoms with Gasteiger partial charge in [-0.25, -0.2) is 0 Å². The van der Waals surface area contributed by atoms with Crippen LogP contribution in [0, 0.1) is 0 Å². The van der Waals surface area contributed by atoms with Gasteiger partial charge in [-0.3, -0.25) is 9.89 Å². The molecule has 1 aromatic heterocycles. The van der Waals surface area contributed by atoms with Gasteiger partial charge in [-0.15, -0.1) is 0 Å². The van der Waals surface area contributed by atoms with Crippen LogP contribution in [-0.2, 0) is 11.2 Å². The number of H-pyrrole nitrogens is 1. The third-order valence-electron chi connectivity index (χ3n) is 4.07. The fourth-order valence-corrected chi connectivity index (χ4v) is 3.01. The highest BCUT2D eigenvalue weighted by molar-refractivity contribution is 6.30. The number of amides is 1. The molecule has 0 saturated carbocycles. The highest BCUT2D eigenvalue weighted by Crippen LogP contribution is 2.29. The lowest BCUT2D eigenvalue weighted by Crippen LogP contribution is -2.37. The number of aryl methyl sites for hydroxylation is 1. The molecule has 1 heterocycles. The van der Waals surface area contributed by atoms with Gasteiger partial charge in [0, 0.05) is 5.02 Å². The first kappa shape index (κ1) is 15.9. The molecule has 2 aromatic rings. The number of ether oxygens (including phenoxy) is 1. The molecule has 1 aliphatic rings. The Morgan fingerprint density at radius 2 is 2.26 bits per heavy atom. The van der Waals surface area contributed by atoms with Crippen LogP contribution < -0.4 is 10.1 Å². The van der Waals surface area contributed by atoms with Gasteiger partial charge in [-0.05, 0) is 56.0 Å². The van der Waals surface area contributed by atoms with Crippen molar-refractivity contribution in [3.63, 3.8) is 0 Å². The molecular weight excluding hydrogens is 314 g/mol. The molecule has 0 bridgehead atoms. The Kier molecular flexibility index (Phi) is 4.86. The quantitative estimate of drug-likeness (QED) is 0.883. The van der Waals surface area contributed by atoms with Gasteiger partial charge in [0.05, 0.1) is 24.4 Å². The Morgan fingerprint density at radius 1 is 1.48 bits per heavy atom. The summed E-state index contributed by atoms with van der Waals surface area (Å²) in [6.45, 7) is 2.39. The third kappa shape index (κ3) is 3.85. The van der Waals surface area contributed by atoms with Crippen molar-refractivity contribution in [2.45, 2.75) is 38.2 Å². The second kappa shape index (κ2) is 7.04. The molecule has 122 valence electrons. The molecule has 0 radical (unpaired) electrons. The summed E-state index contributed by atoms with van der Waals surface area (Å²) in [5.41, 5.74) is 2.11. The maximum atomic E-state index is 12.4. The average Bonchev–Trinajstić information content (AvgIpc) is 3.03. The molecule has 2 N–H and O–H groups in total. The lowest BCUT2D eigenvalue weighted by Gasteiger charge is -2.22. The fraction of sp³-hybridized carbons (Fsp3) is 0.412. The zero-order valence-electron chi connectivity index (χ0n) is 13.0. The number of hydrogen-bond donors (Lipinski definition) is 2. The van der Waals surface area contributed by atoms with Gasteiger partial charge in [0.2, 0.25) is 5.91 Å². The highest BCUT2D eigenvalue weighted by Gasteiger charge is 2.28. The molecule has 1 aromatic carbocycles. The first-order valence-corrected chi connectivity index (χ1v) is 8.23. The largest absolute Gasteiger partial charge is 0.489 e. The third-order valence-corrected chi connectivity index (χ3v) is 4.32. The molecule has 1 amide bonds. The Balaban J connectivity index is 1.52. The van der Waals surface area contributed by atoms with Gasteiger partial charge in [0.25, 0.3) is 0 Å². The van der Waals surface area contributed by atoms with Crippen molar-refractivity contribution in [1.82, 2.24) is 15.5 Å². The van der Waals surface area contributed by atoms with Crippen LogP contribution in [0.15, 0.2) is 30.5 Å². The molecule has 3 rings (SSSR count). The van der Waals surface area contributed by atoms with Crippen molar-refractivity contribution in [3.05, 3.63) is 46.7 Å². The van der Waals surface area contributed by atoms with Crippen LogP contribution >= 0.6 is 11.6 Å². The molecule has 0 spiro atoms. The van der Waals surface area contributed by atoms with Crippen LogP contribution in [0.1, 0.15) is 36.9 Å². The molecule has 0 aliphatic heterocycles. The first-order valence-electron chi connectivity index (χ1n) is 7.85. The standard InChI is InChI=1S/C17H20ClN3O2/c1-11(23-14-7-5-13(18)6-8-14)9-19-17(22)15-4-2-3-12-10-20-21-16(12)15/h5-8,10-11,15H,2-4,9H2,1H3,(H,19,22)(H,20,21)/t11-,15+/m0/s1. The lowest BCUT2D eigenvalue weighted by molar-refractivity contribution is -0.123. The maximum Gasteiger partial charge on any atom is 0.229 e. The van der Waals surface area contributed by atoms with E-state index < -0.39 is 0 Å². The molecule has 0 unspecified atom stereocenters. The number of halogens is 1. The predicted octanol–water partition coefficient (Wildman–Crippen LogP) is 3.07. The number of aromatic amines is 1. The summed E-state index contributed by atoms with van der Waals surface area (Å²) in [5, 5.41) is 10.7. The maximum absolute atomic E-state index is 12.4. The van der Waals surface area contributed by atoms with Crippen molar-refractivity contribution in [2.75, 3.05) is 6.54 Å². The van der Waals surface area contributed by atoms with Crippen molar-refractivity contribution in [1.29, 1.82) is 0 Å². The number of carbonyl (C=O) groups is 1. The van der Waals surface area contributed by atoms with Crippen LogP contribution in [0.4, 0.5) is 0 Å². The van der Waals surface area contributed by atoms with Gasteiger partial charge in [0.15, 0.2) is 0 Å². The normalized spacial score (nSPS) is 18.1. The summed E-state index contributed by atoms with van der Waals surface area (Å²) in [5.74, 6) is 0.635. The van der Waals surface area contributed by atoms with E-state index in [1.54, 1.807) is 12.1 Å². The van der Waals surface area contributed by atoms with E-state index in [1.807, 2.05) is 25.3 Å². The summed E-state index contributed by atoms with van der Waals surface area (Å²) in [4.78, 5) is 12.4. The smallest absolute Gasteiger partial charge is 0.229 e. The number of carbonyl (C=O) groups excluding carboxylic acids is 1. The van der Waals surface area contributed by atoms with E-state index in [1.165, 1.54) is 0 Å². The van der Waals surface area contributed by atoms with Crippen LogP contribution in [0.2, 0.25) is 5.02 Å². The number of benzene rings is 1. The Labute approximate surface area is 140 Å². The van der Waals surface area contributed by atoms with E-state index in [9.17, 15) is 4.79 Å². The minimum Gasteiger partial charge on any atom is -0.489 e. The van der Waals surface area contributed by atoms with Gasteiger partial charge in [-0.1, -0.05) is 11.6 Å². The molecule has 2 atom stereocenters. The summed E-state index contributed by atoms with van der Waals surface area (Å²) in [6.07, 6.45) is 4.56. The van der Waals surface area contributed by atoms with E-state index in [0.717, 1.165) is 36.3 Å². The summed E-state index contributed by atoms with van der Waals surface area (Å²) >= 11 is 5.85. The van der Waals surface area contributed by atoms with Gasteiger partial charge >= 0.3 is 0 Å². The second-order valence-electron chi connectivity index (χ2n) is 5.88. The van der Waals surface area contributed by atoms with Crippen LogP contribution in [0.5, 0.6) is 5.75 Å². The van der Waals surface area contributed by atoms with Gasteiger partial charge in [-0.2, -0.15) is 5.10 Å².